The average Bonchev–Trinajstić information content (AvgIpc) is 2.78. The summed E-state index contributed by atoms with van der Waals surface area (Å²) in [6.45, 7) is 0.0939. The third kappa shape index (κ3) is 4.28. The molecule has 1 N–H and O–H groups in total. The lowest BCUT2D eigenvalue weighted by Gasteiger charge is -2.09. The predicted octanol–water partition coefficient (Wildman–Crippen LogP) is 3.71. The van der Waals surface area contributed by atoms with Crippen LogP contribution in [0.3, 0.4) is 0 Å². The molecule has 4 rings (SSSR count). The van der Waals surface area contributed by atoms with Gasteiger partial charge < -0.3 is 9.72 Å². The Morgan fingerprint density at radius 1 is 1.09 bits per heavy atom. The fourth-order valence-electron chi connectivity index (χ4n) is 3.06. The summed E-state index contributed by atoms with van der Waals surface area (Å²) in [6, 6.07) is 18.2. The lowest BCUT2D eigenvalue weighted by molar-refractivity contribution is -0.385. The molecule has 0 aliphatic carbocycles. The molecule has 1 aromatic heterocycles. The van der Waals surface area contributed by atoms with E-state index in [1.165, 1.54) is 12.1 Å². The maximum absolute atomic E-state index is 12.6. The van der Waals surface area contributed by atoms with Crippen molar-refractivity contribution in [1.82, 2.24) is 9.66 Å². The molecular formula is C22H15ClN4O5. The van der Waals surface area contributed by atoms with Crippen LogP contribution in [0.4, 0.5) is 5.69 Å². The summed E-state index contributed by atoms with van der Waals surface area (Å²) in [5.41, 5.74) is -0.314. The molecule has 0 aliphatic heterocycles. The number of nitrogens with one attached hydrogen (secondary N) is 1. The van der Waals surface area contributed by atoms with Crippen LogP contribution in [0.15, 0.2) is 81.4 Å². The number of aromatic nitrogens is 2. The van der Waals surface area contributed by atoms with Crippen molar-refractivity contribution in [3.05, 3.63) is 114 Å². The summed E-state index contributed by atoms with van der Waals surface area (Å²) in [7, 11) is 0. The second-order valence-electron chi connectivity index (χ2n) is 6.72. The molecule has 0 saturated heterocycles. The highest BCUT2D eigenvalue weighted by atomic mass is 35.5. The zero-order valence-corrected chi connectivity index (χ0v) is 17.2. The quantitative estimate of drug-likeness (QED) is 0.273. The van der Waals surface area contributed by atoms with E-state index in [0.29, 0.717) is 10.2 Å². The van der Waals surface area contributed by atoms with Gasteiger partial charge in [-0.05, 0) is 23.8 Å². The topological polar surface area (TPSA) is 120 Å². The van der Waals surface area contributed by atoms with Gasteiger partial charge >= 0.3 is 11.4 Å². The first-order valence-corrected chi connectivity index (χ1v) is 9.75. The third-order valence-electron chi connectivity index (χ3n) is 4.58. The molecule has 0 atom stereocenters. The van der Waals surface area contributed by atoms with Crippen LogP contribution in [0.2, 0.25) is 5.02 Å². The van der Waals surface area contributed by atoms with E-state index >= 15 is 0 Å². The van der Waals surface area contributed by atoms with Crippen molar-refractivity contribution in [2.75, 3.05) is 0 Å². The van der Waals surface area contributed by atoms with Crippen LogP contribution >= 0.6 is 11.6 Å². The van der Waals surface area contributed by atoms with Crippen molar-refractivity contribution in [1.29, 1.82) is 0 Å². The van der Waals surface area contributed by atoms with Crippen LogP contribution in [-0.2, 0) is 6.61 Å². The zero-order valence-electron chi connectivity index (χ0n) is 16.4. The van der Waals surface area contributed by atoms with Gasteiger partial charge in [0.2, 0.25) is 5.75 Å². The first kappa shape index (κ1) is 21.0. The number of halogens is 1. The van der Waals surface area contributed by atoms with Gasteiger partial charge in [-0.25, -0.2) is 4.79 Å². The van der Waals surface area contributed by atoms with Gasteiger partial charge in [-0.1, -0.05) is 54.1 Å². The highest BCUT2D eigenvalue weighted by Crippen LogP contribution is 2.36. The van der Waals surface area contributed by atoms with Crippen LogP contribution in [0, 0.1) is 10.1 Å². The van der Waals surface area contributed by atoms with Crippen LogP contribution in [0.25, 0.3) is 10.9 Å². The molecule has 160 valence electrons. The fourth-order valence-corrected chi connectivity index (χ4v) is 3.34. The minimum atomic E-state index is -0.742. The number of hydrogen-bond donors (Lipinski definition) is 1. The molecule has 0 spiro atoms. The maximum Gasteiger partial charge on any atom is 0.349 e. The van der Waals surface area contributed by atoms with E-state index in [9.17, 15) is 19.7 Å². The molecule has 0 aliphatic rings. The molecule has 3 aromatic carbocycles. The smallest absolute Gasteiger partial charge is 0.349 e. The SMILES string of the molecule is O=c1[nH]c2ccccc2c(=O)n1N=Cc1cc(Cl)c(OCc2ccccc2)c([N+](=O)[O-])c1. The summed E-state index contributed by atoms with van der Waals surface area (Å²) < 4.78 is 6.23. The Kier molecular flexibility index (Phi) is 5.82. The second kappa shape index (κ2) is 8.86. The molecule has 4 aromatic rings. The Hall–Kier alpha value is -4.24. The number of aromatic amines is 1. The second-order valence-corrected chi connectivity index (χ2v) is 7.13. The number of ether oxygens (including phenoxy) is 1. The normalized spacial score (nSPS) is 11.2. The number of hydrogen-bond acceptors (Lipinski definition) is 6. The molecule has 0 amide bonds. The van der Waals surface area contributed by atoms with Crippen LogP contribution in [0.5, 0.6) is 5.75 Å². The third-order valence-corrected chi connectivity index (χ3v) is 4.86. The zero-order chi connectivity index (χ0) is 22.7. The standard InChI is InChI=1S/C22H15ClN4O5/c23-17-10-15(11-19(27(30)31)20(17)32-13-14-6-2-1-3-7-14)12-24-26-21(28)16-8-4-5-9-18(16)25-22(26)29/h1-12H,13H2,(H,25,29). The van der Waals surface area contributed by atoms with E-state index in [1.807, 2.05) is 30.3 Å². The van der Waals surface area contributed by atoms with E-state index in [4.69, 9.17) is 16.3 Å². The van der Waals surface area contributed by atoms with E-state index in [0.717, 1.165) is 11.8 Å². The summed E-state index contributed by atoms with van der Waals surface area (Å²) >= 11 is 6.24. The Labute approximate surface area is 185 Å². The number of nitro benzene ring substituents is 1. The molecule has 0 unspecified atom stereocenters. The number of H-pyrrole nitrogens is 1. The molecule has 0 bridgehead atoms. The van der Waals surface area contributed by atoms with E-state index < -0.39 is 16.2 Å². The van der Waals surface area contributed by atoms with Crippen molar-refractivity contribution in [2.45, 2.75) is 6.61 Å². The minimum absolute atomic E-state index is 0.00338. The molecule has 0 radical (unpaired) electrons. The highest BCUT2D eigenvalue weighted by Gasteiger charge is 2.20. The monoisotopic (exact) mass is 450 g/mol. The molecule has 9 nitrogen and oxygen atoms in total. The van der Waals surface area contributed by atoms with Gasteiger partial charge in [0, 0.05) is 11.6 Å². The predicted molar refractivity (Wildman–Crippen MR) is 121 cm³/mol. The minimum Gasteiger partial charge on any atom is -0.481 e. The van der Waals surface area contributed by atoms with E-state index in [-0.39, 0.29) is 34.0 Å². The van der Waals surface area contributed by atoms with Crippen LogP contribution in [-0.4, -0.2) is 20.8 Å². The number of para-hydroxylation sites is 1. The van der Waals surface area contributed by atoms with Gasteiger partial charge in [0.25, 0.3) is 5.56 Å². The van der Waals surface area contributed by atoms with Crippen molar-refractivity contribution in [3.8, 4) is 5.75 Å². The summed E-state index contributed by atoms with van der Waals surface area (Å²) in [6.07, 6.45) is 1.14. The fraction of sp³-hybridized carbons (Fsp3) is 0.0455. The maximum atomic E-state index is 12.6. The van der Waals surface area contributed by atoms with Crippen LogP contribution < -0.4 is 16.0 Å². The summed E-state index contributed by atoms with van der Waals surface area (Å²) in [5, 5.41) is 15.8. The van der Waals surface area contributed by atoms with E-state index in [2.05, 4.69) is 10.1 Å². The number of rotatable bonds is 6. The Bertz CT molecular complexity index is 1460. The van der Waals surface area contributed by atoms with Gasteiger partial charge in [0.05, 0.1) is 27.1 Å². The largest absolute Gasteiger partial charge is 0.481 e. The van der Waals surface area contributed by atoms with Gasteiger partial charge in [0.15, 0.2) is 0 Å². The van der Waals surface area contributed by atoms with Crippen molar-refractivity contribution in [2.24, 2.45) is 5.10 Å². The van der Waals surface area contributed by atoms with Crippen molar-refractivity contribution < 1.29 is 9.66 Å². The van der Waals surface area contributed by atoms with Crippen molar-refractivity contribution >= 4 is 34.4 Å². The lowest BCUT2D eigenvalue weighted by atomic mass is 10.2. The molecular weight excluding hydrogens is 436 g/mol. The lowest BCUT2D eigenvalue weighted by Crippen LogP contribution is -2.32. The summed E-state index contributed by atoms with van der Waals surface area (Å²) in [4.78, 5) is 38.3. The molecule has 1 heterocycles. The average molecular weight is 451 g/mol. The molecule has 10 heteroatoms. The number of fused-ring (bicyclic) bond motifs is 1. The molecule has 32 heavy (non-hydrogen) atoms. The van der Waals surface area contributed by atoms with E-state index in [1.54, 1.807) is 24.3 Å². The Morgan fingerprint density at radius 2 is 1.81 bits per heavy atom. The van der Waals surface area contributed by atoms with Gasteiger partial charge in [0.1, 0.15) is 6.61 Å². The number of benzene rings is 3. The van der Waals surface area contributed by atoms with Gasteiger partial charge in [-0.3, -0.25) is 14.9 Å². The van der Waals surface area contributed by atoms with Crippen molar-refractivity contribution in [3.63, 3.8) is 0 Å². The Balaban J connectivity index is 1.69. The molecule has 0 saturated carbocycles. The first-order chi connectivity index (χ1) is 15.4. The molecule has 0 fully saturated rings. The number of nitrogens with zero attached hydrogens (tertiary/aromatic N) is 3. The number of nitro groups is 1. The first-order valence-electron chi connectivity index (χ1n) is 9.37. The van der Waals surface area contributed by atoms with Gasteiger partial charge in [-0.15, -0.1) is 4.68 Å². The highest BCUT2D eigenvalue weighted by molar-refractivity contribution is 6.32. The Morgan fingerprint density at radius 3 is 2.56 bits per heavy atom. The summed E-state index contributed by atoms with van der Waals surface area (Å²) in [5.74, 6) is -0.0848. The van der Waals surface area contributed by atoms with Gasteiger partial charge in [-0.2, -0.15) is 5.10 Å². The van der Waals surface area contributed by atoms with Crippen LogP contribution in [0.1, 0.15) is 11.1 Å².